The maximum absolute atomic E-state index is 12.0. The molecule has 2 aromatic carbocycles. The summed E-state index contributed by atoms with van der Waals surface area (Å²) in [6.45, 7) is 3.16. The number of non-ortho nitro benzene ring substituents is 1. The third-order valence-electron chi connectivity index (χ3n) is 3.68. The fourth-order valence-electron chi connectivity index (χ4n) is 2.29. The highest BCUT2D eigenvalue weighted by molar-refractivity contribution is 6.32. The number of nitro groups is 1. The molecular weight excluding hydrogens is 374 g/mol. The van der Waals surface area contributed by atoms with Crippen LogP contribution in [0.15, 0.2) is 36.4 Å². The molecule has 142 valence electrons. The van der Waals surface area contributed by atoms with Gasteiger partial charge in [0.05, 0.1) is 16.5 Å². The first-order valence-electron chi connectivity index (χ1n) is 7.97. The second-order valence-electron chi connectivity index (χ2n) is 5.75. The second kappa shape index (κ2) is 9.00. The van der Waals surface area contributed by atoms with Gasteiger partial charge in [0.25, 0.3) is 11.6 Å². The van der Waals surface area contributed by atoms with Crippen LogP contribution in [0.3, 0.4) is 0 Å². The van der Waals surface area contributed by atoms with Crippen molar-refractivity contribution in [2.45, 2.75) is 13.8 Å². The summed E-state index contributed by atoms with van der Waals surface area (Å²) in [4.78, 5) is 33.9. The Bertz CT molecular complexity index is 865. The van der Waals surface area contributed by atoms with Gasteiger partial charge in [-0.15, -0.1) is 0 Å². The zero-order chi connectivity index (χ0) is 20.0. The number of aryl methyl sites for hydroxylation is 2. The van der Waals surface area contributed by atoms with E-state index in [-0.39, 0.29) is 35.5 Å². The van der Waals surface area contributed by atoms with Gasteiger partial charge in [-0.1, -0.05) is 29.8 Å². The number of hydrogen-bond donors (Lipinski definition) is 2. The number of nitrogens with one attached hydrogen (secondary N) is 2. The molecule has 0 saturated carbocycles. The summed E-state index contributed by atoms with van der Waals surface area (Å²) < 4.78 is 5.22. The molecule has 0 heterocycles. The number of nitrogens with zero attached hydrogens (tertiary/aromatic N) is 1. The lowest BCUT2D eigenvalue weighted by atomic mass is 10.1. The number of benzene rings is 2. The summed E-state index contributed by atoms with van der Waals surface area (Å²) in [5.41, 5.74) is 2.38. The summed E-state index contributed by atoms with van der Waals surface area (Å²) in [6.07, 6.45) is 0. The summed E-state index contributed by atoms with van der Waals surface area (Å²) in [6, 6.07) is 9.31. The van der Waals surface area contributed by atoms with Crippen LogP contribution in [0.25, 0.3) is 0 Å². The Kier molecular flexibility index (Phi) is 6.73. The Balaban J connectivity index is 1.82. The van der Waals surface area contributed by atoms with E-state index in [9.17, 15) is 19.7 Å². The third kappa shape index (κ3) is 5.68. The van der Waals surface area contributed by atoms with Crippen molar-refractivity contribution in [1.82, 2.24) is 5.32 Å². The fraction of sp³-hybridized carbons (Fsp3) is 0.222. The van der Waals surface area contributed by atoms with Crippen molar-refractivity contribution < 1.29 is 19.2 Å². The van der Waals surface area contributed by atoms with Gasteiger partial charge in [0.2, 0.25) is 5.91 Å². The maximum Gasteiger partial charge on any atom is 0.271 e. The standard InChI is InChI=1S/C18H18ClN3O5/c1-11-4-3-5-12(2)18(11)21-16(23)9-20-17(24)10-27-15-7-6-13(22(25)26)8-14(15)19/h3-8H,9-10H2,1-2H3,(H,20,24)(H,21,23). The largest absolute Gasteiger partial charge is 0.482 e. The Labute approximate surface area is 160 Å². The van der Waals surface area contributed by atoms with E-state index in [1.165, 1.54) is 12.1 Å². The number of nitro benzene ring substituents is 1. The number of carbonyl (C=O) groups is 2. The first-order chi connectivity index (χ1) is 12.8. The molecule has 0 atom stereocenters. The number of rotatable bonds is 7. The minimum atomic E-state index is -0.586. The van der Waals surface area contributed by atoms with Gasteiger partial charge in [-0.2, -0.15) is 0 Å². The Morgan fingerprint density at radius 2 is 1.81 bits per heavy atom. The van der Waals surface area contributed by atoms with Crippen molar-refractivity contribution in [3.8, 4) is 5.75 Å². The predicted molar refractivity (Wildman–Crippen MR) is 101 cm³/mol. The zero-order valence-corrected chi connectivity index (χ0v) is 15.5. The Hall–Kier alpha value is -3.13. The molecule has 2 amide bonds. The van der Waals surface area contributed by atoms with Crippen LogP contribution in [-0.2, 0) is 9.59 Å². The summed E-state index contributed by atoms with van der Waals surface area (Å²) in [7, 11) is 0. The van der Waals surface area contributed by atoms with Crippen molar-refractivity contribution in [2.24, 2.45) is 0 Å². The average Bonchev–Trinajstić information content (AvgIpc) is 2.62. The van der Waals surface area contributed by atoms with Gasteiger partial charge < -0.3 is 15.4 Å². The number of anilines is 1. The van der Waals surface area contributed by atoms with Gasteiger partial charge in [-0.3, -0.25) is 19.7 Å². The van der Waals surface area contributed by atoms with E-state index in [4.69, 9.17) is 16.3 Å². The minimum absolute atomic E-state index is 0.0183. The van der Waals surface area contributed by atoms with E-state index in [1.807, 2.05) is 32.0 Å². The van der Waals surface area contributed by atoms with Gasteiger partial charge >= 0.3 is 0 Å². The third-order valence-corrected chi connectivity index (χ3v) is 3.97. The smallest absolute Gasteiger partial charge is 0.271 e. The minimum Gasteiger partial charge on any atom is -0.482 e. The van der Waals surface area contributed by atoms with Crippen LogP contribution in [-0.4, -0.2) is 29.9 Å². The lowest BCUT2D eigenvalue weighted by Crippen LogP contribution is -2.36. The highest BCUT2D eigenvalue weighted by Crippen LogP contribution is 2.28. The number of halogens is 1. The number of ether oxygens (including phenoxy) is 1. The molecule has 27 heavy (non-hydrogen) atoms. The van der Waals surface area contributed by atoms with Gasteiger partial charge in [0, 0.05) is 17.8 Å². The molecule has 0 aliphatic rings. The molecule has 0 aromatic heterocycles. The molecule has 2 aromatic rings. The van der Waals surface area contributed by atoms with E-state index in [1.54, 1.807) is 0 Å². The van der Waals surface area contributed by atoms with Crippen molar-refractivity contribution in [3.05, 3.63) is 62.7 Å². The molecule has 2 rings (SSSR count). The summed E-state index contributed by atoms with van der Waals surface area (Å²) in [5, 5.41) is 15.9. The molecule has 0 radical (unpaired) electrons. The summed E-state index contributed by atoms with van der Waals surface area (Å²) in [5.74, 6) is -0.757. The van der Waals surface area contributed by atoms with Gasteiger partial charge in [0.1, 0.15) is 5.75 Å². The number of carbonyl (C=O) groups excluding carboxylic acids is 2. The first kappa shape index (κ1) is 20.2. The summed E-state index contributed by atoms with van der Waals surface area (Å²) >= 11 is 5.88. The maximum atomic E-state index is 12.0. The van der Waals surface area contributed by atoms with E-state index in [2.05, 4.69) is 10.6 Å². The van der Waals surface area contributed by atoms with Crippen LogP contribution in [0.4, 0.5) is 11.4 Å². The molecular formula is C18H18ClN3O5. The monoisotopic (exact) mass is 391 g/mol. The van der Waals surface area contributed by atoms with Gasteiger partial charge in [-0.25, -0.2) is 0 Å². The molecule has 0 fully saturated rings. The van der Waals surface area contributed by atoms with Crippen LogP contribution >= 0.6 is 11.6 Å². The second-order valence-corrected chi connectivity index (χ2v) is 6.16. The molecule has 0 spiro atoms. The first-order valence-corrected chi connectivity index (χ1v) is 8.35. The van der Waals surface area contributed by atoms with Crippen LogP contribution in [0, 0.1) is 24.0 Å². The van der Waals surface area contributed by atoms with E-state index in [0.29, 0.717) is 5.69 Å². The number of hydrogen-bond acceptors (Lipinski definition) is 5. The van der Waals surface area contributed by atoms with E-state index < -0.39 is 10.8 Å². The van der Waals surface area contributed by atoms with Crippen LogP contribution in [0.2, 0.25) is 5.02 Å². The number of para-hydroxylation sites is 1. The van der Waals surface area contributed by atoms with Gasteiger partial charge in [-0.05, 0) is 31.0 Å². The van der Waals surface area contributed by atoms with E-state index >= 15 is 0 Å². The van der Waals surface area contributed by atoms with E-state index in [0.717, 1.165) is 17.2 Å². The SMILES string of the molecule is Cc1cccc(C)c1NC(=O)CNC(=O)COc1ccc([N+](=O)[O-])cc1Cl. The molecule has 0 aliphatic heterocycles. The van der Waals surface area contributed by atoms with Gasteiger partial charge in [0.15, 0.2) is 6.61 Å². The van der Waals surface area contributed by atoms with Crippen molar-refractivity contribution in [2.75, 3.05) is 18.5 Å². The Morgan fingerprint density at radius 1 is 1.15 bits per heavy atom. The average molecular weight is 392 g/mol. The lowest BCUT2D eigenvalue weighted by Gasteiger charge is -2.12. The van der Waals surface area contributed by atoms with Crippen LogP contribution in [0.5, 0.6) is 5.75 Å². The molecule has 0 aliphatic carbocycles. The predicted octanol–water partition coefficient (Wildman–Crippen LogP) is 3.00. The van der Waals surface area contributed by atoms with Crippen LogP contribution < -0.4 is 15.4 Å². The highest BCUT2D eigenvalue weighted by atomic mass is 35.5. The molecule has 0 saturated heterocycles. The fourth-order valence-corrected chi connectivity index (χ4v) is 2.52. The molecule has 8 nitrogen and oxygen atoms in total. The Morgan fingerprint density at radius 3 is 2.41 bits per heavy atom. The lowest BCUT2D eigenvalue weighted by molar-refractivity contribution is -0.384. The number of amides is 2. The molecule has 2 N–H and O–H groups in total. The van der Waals surface area contributed by atoms with Crippen molar-refractivity contribution in [1.29, 1.82) is 0 Å². The van der Waals surface area contributed by atoms with Crippen molar-refractivity contribution >= 4 is 34.8 Å². The normalized spacial score (nSPS) is 10.2. The highest BCUT2D eigenvalue weighted by Gasteiger charge is 2.13. The molecule has 9 heteroatoms. The molecule has 0 unspecified atom stereocenters. The quantitative estimate of drug-likeness (QED) is 0.556. The zero-order valence-electron chi connectivity index (χ0n) is 14.7. The topological polar surface area (TPSA) is 111 Å². The van der Waals surface area contributed by atoms with Crippen molar-refractivity contribution in [3.63, 3.8) is 0 Å². The van der Waals surface area contributed by atoms with Crippen LogP contribution in [0.1, 0.15) is 11.1 Å². The molecule has 0 bridgehead atoms.